The molecule has 0 saturated carbocycles. The number of nitrogens with one attached hydrogen (secondary N) is 2. The van der Waals surface area contributed by atoms with Crippen LogP contribution in [0, 0.1) is 11.3 Å². The van der Waals surface area contributed by atoms with Gasteiger partial charge in [0, 0.05) is 24.2 Å². The summed E-state index contributed by atoms with van der Waals surface area (Å²) in [5.74, 6) is 1.05. The van der Waals surface area contributed by atoms with Gasteiger partial charge in [0.05, 0.1) is 71.3 Å². The highest BCUT2D eigenvalue weighted by Crippen LogP contribution is 2.39. The van der Waals surface area contributed by atoms with E-state index in [-0.39, 0.29) is 0 Å². The maximum atomic E-state index is 9.69. The number of nitriles is 1. The summed E-state index contributed by atoms with van der Waals surface area (Å²) in [6.07, 6.45) is 4.77. The van der Waals surface area contributed by atoms with Gasteiger partial charge in [0.2, 0.25) is 0 Å². The van der Waals surface area contributed by atoms with Crippen LogP contribution in [0.2, 0.25) is 10.0 Å². The van der Waals surface area contributed by atoms with Crippen molar-refractivity contribution in [1.29, 1.82) is 5.26 Å². The van der Waals surface area contributed by atoms with Crippen LogP contribution in [0.4, 0.5) is 17.1 Å². The van der Waals surface area contributed by atoms with Gasteiger partial charge < -0.3 is 20.1 Å². The second-order valence-corrected chi connectivity index (χ2v) is 7.69. The molecule has 0 aliphatic rings. The van der Waals surface area contributed by atoms with Crippen LogP contribution in [-0.4, -0.2) is 40.7 Å². The summed E-state index contributed by atoms with van der Waals surface area (Å²) >= 11 is 12.5. The lowest BCUT2D eigenvalue weighted by atomic mass is 10.1. The third kappa shape index (κ3) is 4.72. The lowest BCUT2D eigenvalue weighted by Crippen LogP contribution is -2.13. The Morgan fingerprint density at radius 3 is 2.45 bits per heavy atom. The fourth-order valence-electron chi connectivity index (χ4n) is 3.31. The average Bonchev–Trinajstić information content (AvgIpc) is 3.34. The van der Waals surface area contributed by atoms with Crippen LogP contribution in [0.1, 0.15) is 5.56 Å². The van der Waals surface area contributed by atoms with Crippen molar-refractivity contribution in [2.45, 2.75) is 6.54 Å². The molecule has 9 nitrogen and oxygen atoms in total. The third-order valence-electron chi connectivity index (χ3n) is 4.90. The Bertz CT molecular complexity index is 1340. The Kier molecular flexibility index (Phi) is 6.68. The molecule has 11 heteroatoms. The first kappa shape index (κ1) is 22.5. The van der Waals surface area contributed by atoms with E-state index in [0.29, 0.717) is 62.5 Å². The molecule has 0 aliphatic carbocycles. The number of hydrogen-bond donors (Lipinski definition) is 2. The minimum Gasteiger partial charge on any atom is -0.495 e. The number of methoxy groups -OCH3 is 2. The van der Waals surface area contributed by atoms with E-state index in [1.807, 2.05) is 12.1 Å². The highest BCUT2D eigenvalue weighted by molar-refractivity contribution is 6.37. The van der Waals surface area contributed by atoms with E-state index < -0.39 is 0 Å². The topological polar surface area (TPSA) is 110 Å². The molecule has 0 spiro atoms. The molecule has 2 aromatic carbocycles. The zero-order valence-corrected chi connectivity index (χ0v) is 19.3. The van der Waals surface area contributed by atoms with Gasteiger partial charge in [-0.15, -0.1) is 0 Å². The number of aromatic nitrogens is 4. The van der Waals surface area contributed by atoms with E-state index in [1.54, 1.807) is 36.4 Å². The number of pyridine rings is 1. The van der Waals surface area contributed by atoms with E-state index in [9.17, 15) is 5.26 Å². The van der Waals surface area contributed by atoms with Crippen molar-refractivity contribution >= 4 is 51.2 Å². The molecule has 0 unspecified atom stereocenters. The first-order valence-electron chi connectivity index (χ1n) is 9.83. The van der Waals surface area contributed by atoms with E-state index in [0.717, 1.165) is 5.69 Å². The largest absolute Gasteiger partial charge is 0.495 e. The zero-order chi connectivity index (χ0) is 23.4. The van der Waals surface area contributed by atoms with Crippen molar-refractivity contribution in [3.63, 3.8) is 0 Å². The van der Waals surface area contributed by atoms with Gasteiger partial charge in [-0.1, -0.05) is 23.2 Å². The molecule has 2 N–H and O–H groups in total. The summed E-state index contributed by atoms with van der Waals surface area (Å²) in [7, 11) is 3.10. The van der Waals surface area contributed by atoms with Gasteiger partial charge in [0.1, 0.15) is 17.6 Å². The number of rotatable bonds is 8. The minimum atomic E-state index is 0.347. The summed E-state index contributed by atoms with van der Waals surface area (Å²) < 4.78 is 10.9. The van der Waals surface area contributed by atoms with Crippen molar-refractivity contribution < 1.29 is 9.47 Å². The Labute approximate surface area is 199 Å². The van der Waals surface area contributed by atoms with Gasteiger partial charge in [-0.3, -0.25) is 4.98 Å². The van der Waals surface area contributed by atoms with Crippen molar-refractivity contribution in [1.82, 2.24) is 20.0 Å². The normalized spacial score (nSPS) is 10.6. The quantitative estimate of drug-likeness (QED) is 0.364. The summed E-state index contributed by atoms with van der Waals surface area (Å²) in [6, 6.07) is 9.11. The third-order valence-corrected chi connectivity index (χ3v) is 5.51. The smallest absolute Gasteiger partial charge is 0.142 e. The van der Waals surface area contributed by atoms with Crippen LogP contribution in [0.3, 0.4) is 0 Å². The highest BCUT2D eigenvalue weighted by Gasteiger charge is 2.16. The Morgan fingerprint density at radius 2 is 1.76 bits per heavy atom. The fraction of sp³-hybridized carbons (Fsp3) is 0.182. The second-order valence-electron chi connectivity index (χ2n) is 6.87. The number of ether oxygens (including phenoxy) is 2. The summed E-state index contributed by atoms with van der Waals surface area (Å²) in [4.78, 5) is 6.04. The monoisotopic (exact) mass is 483 g/mol. The molecule has 0 fully saturated rings. The zero-order valence-electron chi connectivity index (χ0n) is 17.8. The molecule has 4 aromatic rings. The molecule has 4 rings (SSSR count). The highest BCUT2D eigenvalue weighted by atomic mass is 35.5. The first-order chi connectivity index (χ1) is 16.0. The van der Waals surface area contributed by atoms with Crippen molar-refractivity contribution in [3.8, 4) is 17.6 Å². The maximum Gasteiger partial charge on any atom is 0.142 e. The van der Waals surface area contributed by atoms with Crippen LogP contribution in [0.25, 0.3) is 10.9 Å². The van der Waals surface area contributed by atoms with Gasteiger partial charge in [-0.25, -0.2) is 0 Å². The van der Waals surface area contributed by atoms with Crippen LogP contribution < -0.4 is 20.1 Å². The number of anilines is 3. The fourth-order valence-corrected chi connectivity index (χ4v) is 3.82. The van der Waals surface area contributed by atoms with Gasteiger partial charge in [0.25, 0.3) is 0 Å². The Balaban J connectivity index is 1.72. The van der Waals surface area contributed by atoms with E-state index in [2.05, 4.69) is 31.9 Å². The number of benzene rings is 2. The number of nitrogens with zero attached hydrogens (tertiary/aromatic N) is 5. The van der Waals surface area contributed by atoms with Crippen LogP contribution >= 0.6 is 23.2 Å². The molecule has 0 bridgehead atoms. The van der Waals surface area contributed by atoms with Gasteiger partial charge >= 0.3 is 0 Å². The van der Waals surface area contributed by atoms with Crippen LogP contribution in [0.5, 0.6) is 11.5 Å². The van der Waals surface area contributed by atoms with Gasteiger partial charge in [-0.2, -0.15) is 20.3 Å². The lowest BCUT2D eigenvalue weighted by Gasteiger charge is -2.17. The minimum absolute atomic E-state index is 0.347. The molecule has 0 radical (unpaired) electrons. The molecule has 33 heavy (non-hydrogen) atoms. The van der Waals surface area contributed by atoms with Crippen molar-refractivity contribution in [2.75, 3.05) is 31.4 Å². The molecule has 0 aliphatic heterocycles. The predicted octanol–water partition coefficient (Wildman–Crippen LogP) is 4.88. The maximum absolute atomic E-state index is 9.69. The van der Waals surface area contributed by atoms with Gasteiger partial charge in [0.15, 0.2) is 0 Å². The number of fused-ring (bicyclic) bond motifs is 1. The molecular formula is C22H19Cl2N7O2. The molecular weight excluding hydrogens is 465 g/mol. The number of hydrogen-bond acceptors (Lipinski definition) is 8. The summed E-state index contributed by atoms with van der Waals surface area (Å²) in [5.41, 5.74) is 2.84. The molecule has 0 saturated heterocycles. The van der Waals surface area contributed by atoms with Crippen LogP contribution in [0.15, 0.2) is 42.9 Å². The summed E-state index contributed by atoms with van der Waals surface area (Å²) in [6.45, 7) is 1.16. The molecule has 168 valence electrons. The molecule has 2 aromatic heterocycles. The SMILES string of the molecule is COc1cc(Nc2c(C#N)cnc3cc(NCCn4nccn4)c(OC)cc23)c(Cl)cc1Cl. The standard InChI is InChI=1S/C22H19Cl2N7O2/c1-32-20-10-18(15(23)8-16(20)24)30-22-13(11-25)12-27-17-9-19(21(33-2)7-14(17)22)26-5-6-31-28-3-4-29-31/h3-4,7-10,12,26H,5-6H2,1-2H3,(H,27,30). The molecule has 0 atom stereocenters. The van der Waals surface area contributed by atoms with E-state index in [1.165, 1.54) is 13.3 Å². The first-order valence-corrected chi connectivity index (χ1v) is 10.6. The predicted molar refractivity (Wildman–Crippen MR) is 128 cm³/mol. The lowest BCUT2D eigenvalue weighted by molar-refractivity contribution is 0.415. The van der Waals surface area contributed by atoms with E-state index in [4.69, 9.17) is 32.7 Å². The summed E-state index contributed by atoms with van der Waals surface area (Å²) in [5, 5.41) is 25.9. The van der Waals surface area contributed by atoms with Crippen LogP contribution in [-0.2, 0) is 6.54 Å². The molecule has 2 heterocycles. The van der Waals surface area contributed by atoms with Crippen molar-refractivity contribution in [3.05, 3.63) is 58.5 Å². The Morgan fingerprint density at radius 1 is 1.00 bits per heavy atom. The Hall–Kier alpha value is -3.74. The average molecular weight is 484 g/mol. The van der Waals surface area contributed by atoms with Crippen molar-refractivity contribution in [2.24, 2.45) is 0 Å². The number of halogens is 2. The van der Waals surface area contributed by atoms with Gasteiger partial charge in [-0.05, 0) is 18.2 Å². The second kappa shape index (κ2) is 9.81. The molecule has 0 amide bonds. The van der Waals surface area contributed by atoms with E-state index >= 15 is 0 Å².